The molecule has 2 heterocycles. The van der Waals surface area contributed by atoms with Gasteiger partial charge < -0.3 is 9.73 Å². The molecule has 10 nitrogen and oxygen atoms in total. The third-order valence-electron chi connectivity index (χ3n) is 7.49. The maximum absolute atomic E-state index is 13.5. The summed E-state index contributed by atoms with van der Waals surface area (Å²) in [6, 6.07) is 13.7. The number of ketones is 1. The number of rotatable bonds is 9. The van der Waals surface area contributed by atoms with Gasteiger partial charge in [-0.3, -0.25) is 19.3 Å². The van der Waals surface area contributed by atoms with Gasteiger partial charge in [-0.05, 0) is 62.3 Å². The zero-order valence-corrected chi connectivity index (χ0v) is 22.7. The number of aromatic nitrogens is 2. The normalized spacial score (nSPS) is 19.7. The number of nitrogens with zero attached hydrogens (tertiary/aromatic N) is 3. The van der Waals surface area contributed by atoms with Crippen molar-refractivity contribution >= 4 is 27.5 Å². The fourth-order valence-electron chi connectivity index (χ4n) is 5.18. The molecular formula is C28H31N5O5S. The molecule has 11 heteroatoms. The average molecular weight is 550 g/mol. The number of aliphatic imine (C=N–C) groups is 1. The summed E-state index contributed by atoms with van der Waals surface area (Å²) in [6.45, 7) is 3.75. The number of sulfonamides is 1. The Kier molecular flexibility index (Phi) is 7.35. The zero-order chi connectivity index (χ0) is 27.6. The van der Waals surface area contributed by atoms with E-state index in [1.165, 1.54) is 6.07 Å². The molecule has 0 spiro atoms. The van der Waals surface area contributed by atoms with Gasteiger partial charge in [-0.25, -0.2) is 8.42 Å². The van der Waals surface area contributed by atoms with Crippen LogP contribution in [0.5, 0.6) is 0 Å². The van der Waals surface area contributed by atoms with Gasteiger partial charge in [0, 0.05) is 11.1 Å². The summed E-state index contributed by atoms with van der Waals surface area (Å²) < 4.78 is 33.2. The molecule has 1 amide bonds. The van der Waals surface area contributed by atoms with E-state index in [0.29, 0.717) is 17.5 Å². The lowest BCUT2D eigenvalue weighted by Gasteiger charge is -2.25. The molecule has 1 aliphatic carbocycles. The Bertz CT molecular complexity index is 1510. The summed E-state index contributed by atoms with van der Waals surface area (Å²) in [6.07, 6.45) is 5.61. The minimum Gasteiger partial charge on any atom is -0.414 e. The van der Waals surface area contributed by atoms with Crippen LogP contribution in [-0.2, 0) is 14.8 Å². The van der Waals surface area contributed by atoms with Crippen molar-refractivity contribution in [2.24, 2.45) is 10.4 Å². The van der Waals surface area contributed by atoms with E-state index in [1.807, 2.05) is 18.2 Å². The van der Waals surface area contributed by atoms with Gasteiger partial charge in [0.1, 0.15) is 11.9 Å². The molecule has 2 aliphatic rings. The van der Waals surface area contributed by atoms with Crippen LogP contribution in [0.25, 0.3) is 11.5 Å². The quantitative estimate of drug-likeness (QED) is 0.385. The first-order chi connectivity index (χ1) is 18.7. The van der Waals surface area contributed by atoms with Crippen molar-refractivity contribution in [3.63, 3.8) is 0 Å². The summed E-state index contributed by atoms with van der Waals surface area (Å²) in [5, 5.41) is 10.6. The second kappa shape index (κ2) is 10.7. The topological polar surface area (TPSA) is 144 Å². The summed E-state index contributed by atoms with van der Waals surface area (Å²) in [4.78, 5) is 31.2. The largest absolute Gasteiger partial charge is 0.414 e. The van der Waals surface area contributed by atoms with Gasteiger partial charge in [0.2, 0.25) is 17.6 Å². The number of benzene rings is 2. The number of fused-ring (bicyclic) bond motifs is 1. The molecule has 1 aromatic heterocycles. The molecule has 2 aromatic carbocycles. The van der Waals surface area contributed by atoms with Crippen LogP contribution in [0, 0.1) is 5.41 Å². The maximum atomic E-state index is 13.5. The van der Waals surface area contributed by atoms with E-state index in [-0.39, 0.29) is 27.9 Å². The Morgan fingerprint density at radius 1 is 1.08 bits per heavy atom. The first-order valence-electron chi connectivity index (χ1n) is 13.1. The maximum Gasteiger partial charge on any atom is 0.286 e. The van der Waals surface area contributed by atoms with Gasteiger partial charge in [-0.1, -0.05) is 50.1 Å². The van der Waals surface area contributed by atoms with Gasteiger partial charge in [0.05, 0.1) is 10.9 Å². The zero-order valence-electron chi connectivity index (χ0n) is 21.9. The summed E-state index contributed by atoms with van der Waals surface area (Å²) in [5.74, 6) is -0.875. The lowest BCUT2D eigenvalue weighted by molar-refractivity contribution is -0.122. The molecule has 2 atom stereocenters. The second-order valence-corrected chi connectivity index (χ2v) is 12.2. The Morgan fingerprint density at radius 3 is 2.51 bits per heavy atom. The first-order valence-corrected chi connectivity index (χ1v) is 14.6. The third-order valence-corrected chi connectivity index (χ3v) is 8.89. The van der Waals surface area contributed by atoms with Crippen molar-refractivity contribution in [3.05, 3.63) is 66.1 Å². The second-order valence-electron chi connectivity index (χ2n) is 10.5. The van der Waals surface area contributed by atoms with Crippen LogP contribution in [0.2, 0.25) is 0 Å². The van der Waals surface area contributed by atoms with Crippen LogP contribution in [0.1, 0.15) is 68.6 Å². The molecule has 0 bridgehead atoms. The highest BCUT2D eigenvalue weighted by atomic mass is 32.2. The minimum atomic E-state index is -3.76. The molecule has 1 aliphatic heterocycles. The van der Waals surface area contributed by atoms with E-state index >= 15 is 0 Å². The van der Waals surface area contributed by atoms with Crippen LogP contribution < -0.4 is 10.0 Å². The molecule has 0 unspecified atom stereocenters. The minimum absolute atomic E-state index is 0.102. The summed E-state index contributed by atoms with van der Waals surface area (Å²) >= 11 is 0. The first kappa shape index (κ1) is 26.7. The molecule has 2 N–H and O–H groups in total. The van der Waals surface area contributed by atoms with Gasteiger partial charge in [0.15, 0.2) is 0 Å². The molecule has 0 saturated heterocycles. The number of Topliss-reactive ketones (excluding diaryl/α,β-unsaturated/α-hetero) is 1. The molecule has 39 heavy (non-hydrogen) atoms. The highest BCUT2D eigenvalue weighted by molar-refractivity contribution is 7.90. The van der Waals surface area contributed by atoms with E-state index in [9.17, 15) is 18.0 Å². The number of carbonyl (C=O) groups is 2. The molecule has 0 radical (unpaired) electrons. The van der Waals surface area contributed by atoms with Crippen molar-refractivity contribution in [2.75, 3.05) is 0 Å². The van der Waals surface area contributed by atoms with Crippen LogP contribution >= 0.6 is 0 Å². The van der Waals surface area contributed by atoms with Gasteiger partial charge in [-0.15, -0.1) is 10.2 Å². The van der Waals surface area contributed by atoms with Crippen molar-refractivity contribution < 1.29 is 22.4 Å². The fraction of sp³-hybridized carbons (Fsp3) is 0.393. The van der Waals surface area contributed by atoms with Gasteiger partial charge in [-0.2, -0.15) is 0 Å². The Hall–Kier alpha value is -3.86. The predicted octanol–water partition coefficient (Wildman–Crippen LogP) is 3.89. The summed E-state index contributed by atoms with van der Waals surface area (Å²) in [7, 11) is -3.76. The van der Waals surface area contributed by atoms with E-state index < -0.39 is 33.8 Å². The van der Waals surface area contributed by atoms with Crippen molar-refractivity contribution in [3.8, 4) is 11.5 Å². The highest BCUT2D eigenvalue weighted by Gasteiger charge is 2.35. The molecule has 3 aromatic rings. The van der Waals surface area contributed by atoms with E-state index in [0.717, 1.165) is 32.1 Å². The smallest absolute Gasteiger partial charge is 0.286 e. The number of hydrogen-bond donors (Lipinski definition) is 2. The van der Waals surface area contributed by atoms with Crippen LogP contribution in [0.15, 0.2) is 68.9 Å². The number of carbonyl (C=O) groups excluding carboxylic acids is 2. The predicted molar refractivity (Wildman–Crippen MR) is 145 cm³/mol. The molecule has 204 valence electrons. The van der Waals surface area contributed by atoms with Gasteiger partial charge >= 0.3 is 0 Å². The van der Waals surface area contributed by atoms with Gasteiger partial charge in [0.25, 0.3) is 15.9 Å². The molecule has 1 saturated carbocycles. The number of hydrogen-bond acceptors (Lipinski definition) is 8. The Morgan fingerprint density at radius 2 is 1.77 bits per heavy atom. The standard InChI is InChI=1S/C28H31N5O5S/c1-18(23(34)27-32-31-26(38-27)19-10-4-3-5-11-19)29-25(35)21(14-17-28(2)15-8-9-16-28)30-24-20-12-6-7-13-22(20)39(36,37)33-24/h3-7,10-13,18,21H,8-9,14-17H2,1-2H3,(H,29,35)(H,30,33)/t18-,21-/m0/s1. The van der Waals surface area contributed by atoms with E-state index in [1.54, 1.807) is 37.3 Å². The highest BCUT2D eigenvalue weighted by Crippen LogP contribution is 2.42. The summed E-state index contributed by atoms with van der Waals surface area (Å²) in [5.41, 5.74) is 1.20. The fourth-order valence-corrected chi connectivity index (χ4v) is 6.42. The van der Waals surface area contributed by atoms with Crippen molar-refractivity contribution in [1.82, 2.24) is 20.2 Å². The third kappa shape index (κ3) is 5.78. The van der Waals surface area contributed by atoms with E-state index in [2.05, 4.69) is 32.2 Å². The number of amides is 1. The Labute approximate surface area is 227 Å². The average Bonchev–Trinajstić information content (AvgIpc) is 3.65. The lowest BCUT2D eigenvalue weighted by Crippen LogP contribution is -2.44. The molecular weight excluding hydrogens is 518 g/mol. The molecule has 1 fully saturated rings. The molecule has 5 rings (SSSR count). The van der Waals surface area contributed by atoms with Crippen LogP contribution in [0.4, 0.5) is 0 Å². The van der Waals surface area contributed by atoms with E-state index in [4.69, 9.17) is 4.42 Å². The van der Waals surface area contributed by atoms with Crippen molar-refractivity contribution in [2.45, 2.75) is 69.4 Å². The number of amidine groups is 1. The Balaban J connectivity index is 1.35. The van der Waals surface area contributed by atoms with Crippen LogP contribution in [0.3, 0.4) is 0 Å². The monoisotopic (exact) mass is 549 g/mol. The van der Waals surface area contributed by atoms with Crippen LogP contribution in [-0.4, -0.2) is 48.2 Å². The van der Waals surface area contributed by atoms with Crippen molar-refractivity contribution in [1.29, 1.82) is 0 Å². The number of nitrogens with one attached hydrogen (secondary N) is 2. The SMILES string of the molecule is C[C@H](NC(=O)[C@H](CCC1(C)CCCC1)N=C1NS(=O)(=O)c2ccccc21)C(=O)c1nnc(-c2ccccc2)o1. The lowest BCUT2D eigenvalue weighted by atomic mass is 9.82.